The lowest BCUT2D eigenvalue weighted by molar-refractivity contribution is -0.167. The number of carbonyl (C=O) groups is 3. The van der Waals surface area contributed by atoms with Crippen molar-refractivity contribution < 1.29 is 28.6 Å². The maximum Gasteiger partial charge on any atom is 0.306 e. The molecule has 0 aromatic heterocycles. The normalized spacial score (nSPS) is 12.7. The molecule has 472 valence electrons. The average molecular weight is 1140 g/mol. The molecule has 0 spiro atoms. The van der Waals surface area contributed by atoms with Gasteiger partial charge in [-0.1, -0.05) is 304 Å². The number of carbonyl (C=O) groups excluding carboxylic acids is 3. The maximum absolute atomic E-state index is 13.0. The molecule has 0 aromatic carbocycles. The van der Waals surface area contributed by atoms with Gasteiger partial charge in [-0.2, -0.15) is 0 Å². The fourth-order valence-electron chi connectivity index (χ4n) is 10.0. The van der Waals surface area contributed by atoms with Crippen molar-refractivity contribution in [2.75, 3.05) is 13.2 Å². The van der Waals surface area contributed by atoms with Gasteiger partial charge < -0.3 is 14.2 Å². The number of rotatable bonds is 64. The molecule has 0 saturated carbocycles. The van der Waals surface area contributed by atoms with Crippen LogP contribution in [0.25, 0.3) is 0 Å². The van der Waals surface area contributed by atoms with E-state index in [9.17, 15) is 14.4 Å². The lowest BCUT2D eigenvalue weighted by atomic mass is 10.0. The largest absolute Gasteiger partial charge is 0.462 e. The highest BCUT2D eigenvalue weighted by atomic mass is 16.6. The summed E-state index contributed by atoms with van der Waals surface area (Å²) in [5, 5.41) is 0. The Balaban J connectivity index is 4.33. The number of unbranched alkanes of at least 4 members (excludes halogenated alkanes) is 37. The van der Waals surface area contributed by atoms with Crippen molar-refractivity contribution in [2.24, 2.45) is 0 Å². The zero-order valence-corrected chi connectivity index (χ0v) is 54.2. The van der Waals surface area contributed by atoms with Crippen molar-refractivity contribution in [1.29, 1.82) is 0 Å². The molecule has 6 heteroatoms. The molecule has 0 amide bonds. The standard InChI is InChI=1S/C76H132O6/c1-4-7-10-13-16-19-22-25-28-31-33-35-36-37-38-39-40-42-43-45-48-51-54-57-60-63-66-69-75(78)81-72-73(71-80-74(77)68-65-62-59-56-53-50-47-30-27-24-21-18-15-12-9-6-3)82-76(79)70-67-64-61-58-55-52-49-46-44-41-34-32-29-26-23-20-17-14-11-8-5-2/h7,10,16,19,21,23-26,28,30,32-35,47,73H,4-6,8-9,11-15,17-18,20,22,27,29,31,36-46,48-72H2,1-3H3/b10-7-,19-16-,24-21-,26-23-,28-25-,34-32-,35-33-,47-30-. The fourth-order valence-corrected chi connectivity index (χ4v) is 10.0. The lowest BCUT2D eigenvalue weighted by Crippen LogP contribution is -2.30. The van der Waals surface area contributed by atoms with Gasteiger partial charge in [-0.3, -0.25) is 14.4 Å². The molecule has 0 aliphatic rings. The second-order valence-corrected chi connectivity index (χ2v) is 23.4. The van der Waals surface area contributed by atoms with Crippen molar-refractivity contribution in [2.45, 2.75) is 354 Å². The van der Waals surface area contributed by atoms with Gasteiger partial charge in [0.05, 0.1) is 0 Å². The summed E-state index contributed by atoms with van der Waals surface area (Å²) in [4.78, 5) is 38.5. The molecule has 0 saturated heterocycles. The second-order valence-electron chi connectivity index (χ2n) is 23.4. The first-order chi connectivity index (χ1) is 40.5. The SMILES string of the molecule is CC/C=C\C/C=C\C/C=C\C/C=C\CCCCCCCCCCCCCCCCC(=O)OCC(COC(=O)CCCCCCC/C=C\C/C=C\CCCCCC)OC(=O)CCCCCCCCCCC/C=C\C/C=C\CCCCCCC. The number of esters is 3. The number of allylic oxidation sites excluding steroid dienone is 16. The zero-order chi connectivity index (χ0) is 59.2. The third-order valence-electron chi connectivity index (χ3n) is 15.3. The summed E-state index contributed by atoms with van der Waals surface area (Å²) in [6.45, 7) is 6.53. The van der Waals surface area contributed by atoms with Gasteiger partial charge in [0.25, 0.3) is 0 Å². The average Bonchev–Trinajstić information content (AvgIpc) is 3.47. The van der Waals surface area contributed by atoms with Crippen LogP contribution in [0.15, 0.2) is 97.2 Å². The van der Waals surface area contributed by atoms with Crippen molar-refractivity contribution in [3.63, 3.8) is 0 Å². The summed E-state index contributed by atoms with van der Waals surface area (Å²) in [5.74, 6) is -0.885. The molecule has 1 unspecified atom stereocenters. The third kappa shape index (κ3) is 67.1. The van der Waals surface area contributed by atoms with Gasteiger partial charge in [-0.25, -0.2) is 0 Å². The van der Waals surface area contributed by atoms with Gasteiger partial charge in [0.2, 0.25) is 0 Å². The van der Waals surface area contributed by atoms with Crippen LogP contribution < -0.4 is 0 Å². The lowest BCUT2D eigenvalue weighted by Gasteiger charge is -2.18. The summed E-state index contributed by atoms with van der Waals surface area (Å²) in [5.41, 5.74) is 0. The first kappa shape index (κ1) is 78.3. The Bertz CT molecular complexity index is 1590. The van der Waals surface area contributed by atoms with Crippen LogP contribution in [-0.4, -0.2) is 37.2 Å². The molecule has 0 heterocycles. The molecule has 0 aliphatic carbocycles. The van der Waals surface area contributed by atoms with Crippen LogP contribution in [0.5, 0.6) is 0 Å². The van der Waals surface area contributed by atoms with Crippen LogP contribution in [0, 0.1) is 0 Å². The molecule has 0 aromatic rings. The summed E-state index contributed by atoms with van der Waals surface area (Å²) in [7, 11) is 0. The highest BCUT2D eigenvalue weighted by Gasteiger charge is 2.19. The molecule has 6 nitrogen and oxygen atoms in total. The van der Waals surface area contributed by atoms with E-state index < -0.39 is 6.10 Å². The molecule has 1 atom stereocenters. The molecule has 0 radical (unpaired) electrons. The zero-order valence-electron chi connectivity index (χ0n) is 54.2. The van der Waals surface area contributed by atoms with Crippen LogP contribution in [0.3, 0.4) is 0 Å². The predicted molar refractivity (Wildman–Crippen MR) is 357 cm³/mol. The van der Waals surface area contributed by atoms with Crippen molar-refractivity contribution in [3.8, 4) is 0 Å². The van der Waals surface area contributed by atoms with E-state index in [-0.39, 0.29) is 31.1 Å². The number of hydrogen-bond donors (Lipinski definition) is 0. The Morgan fingerprint density at radius 2 is 0.476 bits per heavy atom. The summed E-state index contributed by atoms with van der Waals surface area (Å²) in [6, 6.07) is 0. The van der Waals surface area contributed by atoms with E-state index in [0.29, 0.717) is 19.3 Å². The van der Waals surface area contributed by atoms with Gasteiger partial charge in [-0.15, -0.1) is 0 Å². The van der Waals surface area contributed by atoms with Crippen LogP contribution in [-0.2, 0) is 28.6 Å². The molecular weight excluding hydrogens is 1010 g/mol. The van der Waals surface area contributed by atoms with Gasteiger partial charge in [0.15, 0.2) is 6.10 Å². The topological polar surface area (TPSA) is 78.9 Å². The van der Waals surface area contributed by atoms with E-state index in [1.165, 1.54) is 199 Å². The number of hydrogen-bond acceptors (Lipinski definition) is 6. The van der Waals surface area contributed by atoms with E-state index in [4.69, 9.17) is 14.2 Å². The fraction of sp³-hybridized carbons (Fsp3) is 0.750. The quantitative estimate of drug-likeness (QED) is 0.0261. The minimum atomic E-state index is -0.788. The van der Waals surface area contributed by atoms with Crippen LogP contribution in [0.2, 0.25) is 0 Å². The second kappa shape index (κ2) is 69.8. The van der Waals surface area contributed by atoms with Gasteiger partial charge in [0, 0.05) is 19.3 Å². The van der Waals surface area contributed by atoms with Crippen LogP contribution >= 0.6 is 0 Å². The summed E-state index contributed by atoms with van der Waals surface area (Å²) < 4.78 is 17.0. The van der Waals surface area contributed by atoms with Gasteiger partial charge in [0.1, 0.15) is 13.2 Å². The first-order valence-electron chi connectivity index (χ1n) is 35.2. The van der Waals surface area contributed by atoms with E-state index in [0.717, 1.165) is 109 Å². The maximum atomic E-state index is 13.0. The first-order valence-corrected chi connectivity index (χ1v) is 35.2. The molecule has 0 bridgehead atoms. The summed E-state index contributed by atoms with van der Waals surface area (Å²) in [6.07, 6.45) is 94.2. The molecular formula is C76H132O6. The highest BCUT2D eigenvalue weighted by Crippen LogP contribution is 2.17. The van der Waals surface area contributed by atoms with Gasteiger partial charge in [-0.05, 0) is 122 Å². The minimum absolute atomic E-state index is 0.0821. The Morgan fingerprint density at radius 3 is 0.756 bits per heavy atom. The molecule has 0 aliphatic heterocycles. The summed E-state index contributed by atoms with van der Waals surface area (Å²) >= 11 is 0. The third-order valence-corrected chi connectivity index (χ3v) is 15.3. The Labute approximate surface area is 508 Å². The van der Waals surface area contributed by atoms with Crippen LogP contribution in [0.4, 0.5) is 0 Å². The van der Waals surface area contributed by atoms with Crippen molar-refractivity contribution in [1.82, 2.24) is 0 Å². The van der Waals surface area contributed by atoms with E-state index in [2.05, 4.69) is 118 Å². The smallest absolute Gasteiger partial charge is 0.306 e. The molecule has 82 heavy (non-hydrogen) atoms. The minimum Gasteiger partial charge on any atom is -0.462 e. The highest BCUT2D eigenvalue weighted by molar-refractivity contribution is 5.71. The number of ether oxygens (including phenoxy) is 3. The van der Waals surface area contributed by atoms with E-state index in [1.54, 1.807) is 0 Å². The van der Waals surface area contributed by atoms with Crippen LogP contribution in [0.1, 0.15) is 348 Å². The molecule has 0 N–H and O–H groups in total. The van der Waals surface area contributed by atoms with E-state index >= 15 is 0 Å². The van der Waals surface area contributed by atoms with Crippen molar-refractivity contribution in [3.05, 3.63) is 97.2 Å². The molecule has 0 rings (SSSR count). The van der Waals surface area contributed by atoms with Crippen molar-refractivity contribution >= 4 is 17.9 Å². The molecule has 0 fully saturated rings. The monoisotopic (exact) mass is 1140 g/mol. The Hall–Kier alpha value is -3.67. The Kier molecular flexibility index (Phi) is 66.7. The van der Waals surface area contributed by atoms with Gasteiger partial charge >= 0.3 is 17.9 Å². The Morgan fingerprint density at radius 1 is 0.256 bits per heavy atom. The predicted octanol–water partition coefficient (Wildman–Crippen LogP) is 24.4. The van der Waals surface area contributed by atoms with E-state index in [1.807, 2.05) is 0 Å².